The van der Waals surface area contributed by atoms with Gasteiger partial charge in [0.2, 0.25) is 5.91 Å². The quantitative estimate of drug-likeness (QED) is 0.899. The second-order valence-electron chi connectivity index (χ2n) is 6.20. The molecule has 1 atom stereocenters. The number of ether oxygens (including phenoxy) is 1. The summed E-state index contributed by atoms with van der Waals surface area (Å²) in [5.74, 6) is 1.78. The van der Waals surface area contributed by atoms with Gasteiger partial charge < -0.3 is 19.5 Å². The van der Waals surface area contributed by atoms with Crippen LogP contribution < -0.4 is 10.1 Å². The van der Waals surface area contributed by atoms with Crippen LogP contribution in [0.2, 0.25) is 0 Å². The van der Waals surface area contributed by atoms with Gasteiger partial charge >= 0.3 is 0 Å². The van der Waals surface area contributed by atoms with E-state index in [0.717, 1.165) is 35.8 Å². The van der Waals surface area contributed by atoms with Crippen LogP contribution in [-0.2, 0) is 18.3 Å². The molecule has 0 spiro atoms. The fourth-order valence-corrected chi connectivity index (χ4v) is 3.24. The third-order valence-electron chi connectivity index (χ3n) is 4.50. The number of benzene rings is 1. The molecule has 1 aliphatic heterocycles. The van der Waals surface area contributed by atoms with Crippen molar-refractivity contribution in [1.82, 2.24) is 19.8 Å². The van der Waals surface area contributed by atoms with Crippen LogP contribution in [0.5, 0.6) is 5.75 Å². The molecule has 1 fully saturated rings. The van der Waals surface area contributed by atoms with Gasteiger partial charge in [-0.2, -0.15) is 0 Å². The fraction of sp³-hybridized carbons (Fsp3) is 0.444. The molecule has 2 heterocycles. The highest BCUT2D eigenvalue weighted by molar-refractivity contribution is 5.85. The van der Waals surface area contributed by atoms with Crippen LogP contribution >= 0.6 is 12.4 Å². The highest BCUT2D eigenvalue weighted by atomic mass is 35.5. The van der Waals surface area contributed by atoms with Gasteiger partial charge in [-0.3, -0.25) is 4.79 Å². The number of methoxy groups -OCH3 is 1. The molecule has 136 valence electrons. The maximum absolute atomic E-state index is 13.0. The zero-order chi connectivity index (χ0) is 17.1. The van der Waals surface area contributed by atoms with Crippen molar-refractivity contribution in [3.8, 4) is 5.75 Å². The summed E-state index contributed by atoms with van der Waals surface area (Å²) in [6, 6.07) is 5.90. The third kappa shape index (κ3) is 4.14. The number of halogens is 1. The second kappa shape index (κ2) is 8.36. The fourth-order valence-electron chi connectivity index (χ4n) is 3.24. The van der Waals surface area contributed by atoms with Gasteiger partial charge in [0.05, 0.1) is 13.5 Å². The van der Waals surface area contributed by atoms with Crippen LogP contribution in [-0.4, -0.2) is 47.1 Å². The minimum absolute atomic E-state index is 0. The summed E-state index contributed by atoms with van der Waals surface area (Å²) in [4.78, 5) is 19.3. The molecular weight excluding hydrogens is 340 g/mol. The standard InChI is InChI=1S/C18H24N4O2.ClH/c1-13-4-5-16(24-3)14(10-13)11-17(23)22-9-6-19-12-15(22)18-20-7-8-21(18)2;/h4-5,7-8,10,15,19H,6,9,11-12H2,1-3H3;1H. The van der Waals surface area contributed by atoms with Gasteiger partial charge in [0, 0.05) is 44.6 Å². The summed E-state index contributed by atoms with van der Waals surface area (Å²) < 4.78 is 7.38. The van der Waals surface area contributed by atoms with Crippen molar-refractivity contribution in [3.63, 3.8) is 0 Å². The number of amides is 1. The zero-order valence-electron chi connectivity index (χ0n) is 14.9. The van der Waals surface area contributed by atoms with Crippen molar-refractivity contribution in [2.45, 2.75) is 19.4 Å². The van der Waals surface area contributed by atoms with Gasteiger partial charge in [0.25, 0.3) is 0 Å². The number of aryl methyl sites for hydroxylation is 2. The Morgan fingerprint density at radius 2 is 2.24 bits per heavy atom. The Balaban J connectivity index is 0.00000225. The first-order valence-corrected chi connectivity index (χ1v) is 8.21. The second-order valence-corrected chi connectivity index (χ2v) is 6.20. The van der Waals surface area contributed by atoms with Gasteiger partial charge in [-0.25, -0.2) is 4.98 Å². The lowest BCUT2D eigenvalue weighted by Crippen LogP contribution is -2.49. The van der Waals surface area contributed by atoms with Gasteiger partial charge in [0.1, 0.15) is 17.6 Å². The molecule has 1 unspecified atom stereocenters. The maximum atomic E-state index is 13.0. The van der Waals surface area contributed by atoms with Gasteiger partial charge in [0.15, 0.2) is 0 Å². The van der Waals surface area contributed by atoms with E-state index in [1.165, 1.54) is 0 Å². The minimum Gasteiger partial charge on any atom is -0.496 e. The first kappa shape index (κ1) is 19.3. The SMILES string of the molecule is COc1ccc(C)cc1CC(=O)N1CCNCC1c1nccn1C.Cl. The molecule has 7 heteroatoms. The Bertz CT molecular complexity index is 732. The van der Waals surface area contributed by atoms with Crippen LogP contribution in [0.3, 0.4) is 0 Å². The molecule has 1 aliphatic rings. The number of carbonyl (C=O) groups is 1. The molecule has 0 aliphatic carbocycles. The van der Waals surface area contributed by atoms with Crippen molar-refractivity contribution in [2.75, 3.05) is 26.7 Å². The molecule has 2 aromatic rings. The summed E-state index contributed by atoms with van der Waals surface area (Å²) in [5, 5.41) is 3.36. The first-order chi connectivity index (χ1) is 11.6. The monoisotopic (exact) mass is 364 g/mol. The minimum atomic E-state index is -0.0398. The summed E-state index contributed by atoms with van der Waals surface area (Å²) in [6.07, 6.45) is 4.03. The van der Waals surface area contributed by atoms with Gasteiger partial charge in [-0.1, -0.05) is 17.7 Å². The molecule has 6 nitrogen and oxygen atoms in total. The van der Waals surface area contributed by atoms with Crippen LogP contribution in [0.1, 0.15) is 23.0 Å². The number of piperazine rings is 1. The van der Waals surface area contributed by atoms with Crippen molar-refractivity contribution in [3.05, 3.63) is 47.5 Å². The molecule has 1 saturated heterocycles. The van der Waals surface area contributed by atoms with Crippen LogP contribution in [0.4, 0.5) is 0 Å². The van der Waals surface area contributed by atoms with E-state index in [2.05, 4.69) is 10.3 Å². The summed E-state index contributed by atoms with van der Waals surface area (Å²) >= 11 is 0. The predicted octanol–water partition coefficient (Wildman–Crippen LogP) is 1.87. The Morgan fingerprint density at radius 3 is 2.92 bits per heavy atom. The summed E-state index contributed by atoms with van der Waals surface area (Å²) in [6.45, 7) is 4.23. The smallest absolute Gasteiger partial charge is 0.227 e. The van der Waals surface area contributed by atoms with Crippen molar-refractivity contribution in [2.24, 2.45) is 7.05 Å². The number of hydrogen-bond donors (Lipinski definition) is 1. The molecule has 1 aromatic carbocycles. The van der Waals surface area contributed by atoms with Gasteiger partial charge in [-0.15, -0.1) is 12.4 Å². The number of carbonyl (C=O) groups excluding carboxylic acids is 1. The average Bonchev–Trinajstić information content (AvgIpc) is 3.01. The molecule has 1 aromatic heterocycles. The topological polar surface area (TPSA) is 59.4 Å². The Kier molecular flexibility index (Phi) is 6.45. The largest absolute Gasteiger partial charge is 0.496 e. The van der Waals surface area contributed by atoms with E-state index in [9.17, 15) is 4.79 Å². The third-order valence-corrected chi connectivity index (χ3v) is 4.50. The lowest BCUT2D eigenvalue weighted by atomic mass is 10.0. The highest BCUT2D eigenvalue weighted by Crippen LogP contribution is 2.25. The van der Waals surface area contributed by atoms with E-state index in [0.29, 0.717) is 13.0 Å². The van der Waals surface area contributed by atoms with E-state index in [-0.39, 0.29) is 24.4 Å². The number of hydrogen-bond acceptors (Lipinski definition) is 4. The Labute approximate surface area is 154 Å². The van der Waals surface area contributed by atoms with Crippen molar-refractivity contribution < 1.29 is 9.53 Å². The van der Waals surface area contributed by atoms with Crippen molar-refractivity contribution >= 4 is 18.3 Å². The lowest BCUT2D eigenvalue weighted by molar-refractivity contribution is -0.134. The number of rotatable bonds is 4. The Morgan fingerprint density at radius 1 is 1.44 bits per heavy atom. The predicted molar refractivity (Wildman–Crippen MR) is 99.2 cm³/mol. The molecule has 3 rings (SSSR count). The molecule has 25 heavy (non-hydrogen) atoms. The number of nitrogens with one attached hydrogen (secondary N) is 1. The van der Waals surface area contributed by atoms with E-state index in [1.54, 1.807) is 13.3 Å². The molecular formula is C18H25ClN4O2. The van der Waals surface area contributed by atoms with E-state index in [4.69, 9.17) is 4.74 Å². The van der Waals surface area contributed by atoms with E-state index >= 15 is 0 Å². The summed E-state index contributed by atoms with van der Waals surface area (Å²) in [7, 11) is 3.60. The van der Waals surface area contributed by atoms with E-state index in [1.807, 2.05) is 47.8 Å². The van der Waals surface area contributed by atoms with Crippen LogP contribution in [0.15, 0.2) is 30.6 Å². The normalized spacial score (nSPS) is 17.1. The first-order valence-electron chi connectivity index (χ1n) is 8.21. The number of imidazole rings is 1. The molecule has 0 bridgehead atoms. The lowest BCUT2D eigenvalue weighted by Gasteiger charge is -2.36. The summed E-state index contributed by atoms with van der Waals surface area (Å²) in [5.41, 5.74) is 2.05. The highest BCUT2D eigenvalue weighted by Gasteiger charge is 2.30. The number of aromatic nitrogens is 2. The van der Waals surface area contributed by atoms with Gasteiger partial charge in [-0.05, 0) is 13.0 Å². The molecule has 0 saturated carbocycles. The maximum Gasteiger partial charge on any atom is 0.227 e. The van der Waals surface area contributed by atoms with Crippen molar-refractivity contribution in [1.29, 1.82) is 0 Å². The zero-order valence-corrected chi connectivity index (χ0v) is 15.7. The Hall–Kier alpha value is -2.05. The van der Waals surface area contributed by atoms with Crippen LogP contribution in [0.25, 0.3) is 0 Å². The molecule has 1 N–H and O–H groups in total. The molecule has 0 radical (unpaired) electrons. The van der Waals surface area contributed by atoms with E-state index < -0.39 is 0 Å². The average molecular weight is 365 g/mol. The van der Waals surface area contributed by atoms with Crippen LogP contribution in [0, 0.1) is 6.92 Å². The molecule has 1 amide bonds. The number of nitrogens with zero attached hydrogens (tertiary/aromatic N) is 3.